The molecule has 1 aliphatic heterocycles. The number of sulfone groups is 1. The Morgan fingerprint density at radius 1 is 1.16 bits per heavy atom. The maximum absolute atomic E-state index is 12.9. The molecule has 3 rings (SSSR count). The van der Waals surface area contributed by atoms with E-state index >= 15 is 0 Å². The number of amides is 1. The summed E-state index contributed by atoms with van der Waals surface area (Å²) in [5.74, 6) is -0.172. The zero-order chi connectivity index (χ0) is 17.9. The van der Waals surface area contributed by atoms with Gasteiger partial charge in [-0.1, -0.05) is 30.3 Å². The minimum absolute atomic E-state index is 0.0207. The SMILES string of the molecule is CSc1ncccc1C(=O)N1CCC(c2ccccc2)S(=O)(=O)CC1. The Kier molecular flexibility index (Phi) is 5.44. The normalized spacial score (nSPS) is 20.0. The van der Waals surface area contributed by atoms with E-state index in [2.05, 4.69) is 4.98 Å². The fourth-order valence-corrected chi connectivity index (χ4v) is 5.41. The van der Waals surface area contributed by atoms with Crippen LogP contribution in [-0.4, -0.2) is 49.3 Å². The number of aromatic nitrogens is 1. The Morgan fingerprint density at radius 3 is 2.64 bits per heavy atom. The predicted octanol–water partition coefficient (Wildman–Crippen LogP) is 2.81. The van der Waals surface area contributed by atoms with E-state index in [1.165, 1.54) is 11.8 Å². The second kappa shape index (κ2) is 7.58. The molecule has 1 aliphatic rings. The Morgan fingerprint density at radius 2 is 1.92 bits per heavy atom. The average molecular weight is 377 g/mol. The smallest absolute Gasteiger partial charge is 0.256 e. The van der Waals surface area contributed by atoms with E-state index in [1.54, 1.807) is 23.2 Å². The van der Waals surface area contributed by atoms with Gasteiger partial charge in [-0.25, -0.2) is 13.4 Å². The molecule has 0 N–H and O–H groups in total. The lowest BCUT2D eigenvalue weighted by Crippen LogP contribution is -2.34. The summed E-state index contributed by atoms with van der Waals surface area (Å²) in [4.78, 5) is 18.7. The Labute approximate surface area is 152 Å². The van der Waals surface area contributed by atoms with E-state index < -0.39 is 15.1 Å². The summed E-state index contributed by atoms with van der Waals surface area (Å²) >= 11 is 1.41. The topological polar surface area (TPSA) is 67.3 Å². The number of benzene rings is 1. The van der Waals surface area contributed by atoms with Gasteiger partial charge in [0.05, 0.1) is 16.6 Å². The van der Waals surface area contributed by atoms with Crippen molar-refractivity contribution in [2.75, 3.05) is 25.1 Å². The highest BCUT2D eigenvalue weighted by molar-refractivity contribution is 7.98. The molecule has 1 saturated heterocycles. The number of carbonyl (C=O) groups is 1. The van der Waals surface area contributed by atoms with Gasteiger partial charge >= 0.3 is 0 Å². The van der Waals surface area contributed by atoms with Gasteiger partial charge in [0.2, 0.25) is 0 Å². The zero-order valence-electron chi connectivity index (χ0n) is 14.0. The molecule has 0 radical (unpaired) electrons. The van der Waals surface area contributed by atoms with Crippen molar-refractivity contribution in [1.82, 2.24) is 9.88 Å². The van der Waals surface area contributed by atoms with E-state index in [1.807, 2.05) is 36.6 Å². The van der Waals surface area contributed by atoms with E-state index in [4.69, 9.17) is 0 Å². The Bertz CT molecular complexity index is 854. The fraction of sp³-hybridized carbons (Fsp3) is 0.333. The minimum atomic E-state index is -3.29. The predicted molar refractivity (Wildman–Crippen MR) is 99.5 cm³/mol. The van der Waals surface area contributed by atoms with Crippen molar-refractivity contribution in [1.29, 1.82) is 0 Å². The third-order valence-corrected chi connectivity index (χ3v) is 7.23. The van der Waals surface area contributed by atoms with Crippen molar-refractivity contribution in [3.63, 3.8) is 0 Å². The number of nitrogens with zero attached hydrogens (tertiary/aromatic N) is 2. The molecule has 1 atom stereocenters. The van der Waals surface area contributed by atoms with Gasteiger partial charge in [-0.15, -0.1) is 11.8 Å². The summed E-state index contributed by atoms with van der Waals surface area (Å²) < 4.78 is 25.4. The van der Waals surface area contributed by atoms with E-state index in [0.29, 0.717) is 23.6 Å². The molecule has 2 heterocycles. The first kappa shape index (κ1) is 17.9. The second-order valence-electron chi connectivity index (χ2n) is 5.91. The highest BCUT2D eigenvalue weighted by atomic mass is 32.2. The molecule has 1 unspecified atom stereocenters. The van der Waals surface area contributed by atoms with Crippen molar-refractivity contribution in [3.8, 4) is 0 Å². The largest absolute Gasteiger partial charge is 0.337 e. The van der Waals surface area contributed by atoms with Crippen LogP contribution < -0.4 is 0 Å². The first-order valence-electron chi connectivity index (χ1n) is 8.08. The van der Waals surface area contributed by atoms with Gasteiger partial charge in [0.25, 0.3) is 5.91 Å². The van der Waals surface area contributed by atoms with Crippen LogP contribution >= 0.6 is 11.8 Å². The van der Waals surface area contributed by atoms with Gasteiger partial charge < -0.3 is 4.90 Å². The number of thioether (sulfide) groups is 1. The van der Waals surface area contributed by atoms with Crippen LogP contribution in [0.2, 0.25) is 0 Å². The lowest BCUT2D eigenvalue weighted by atomic mass is 10.1. The third kappa shape index (κ3) is 3.88. The molecule has 1 fully saturated rings. The number of rotatable bonds is 3. The third-order valence-electron chi connectivity index (χ3n) is 4.39. The molecule has 2 aromatic rings. The quantitative estimate of drug-likeness (QED) is 0.771. The number of pyridine rings is 1. The second-order valence-corrected chi connectivity index (χ2v) is 9.01. The monoisotopic (exact) mass is 376 g/mol. The van der Waals surface area contributed by atoms with Crippen molar-refractivity contribution in [2.24, 2.45) is 0 Å². The van der Waals surface area contributed by atoms with Crippen molar-refractivity contribution < 1.29 is 13.2 Å². The van der Waals surface area contributed by atoms with E-state index in [9.17, 15) is 13.2 Å². The molecule has 1 aromatic carbocycles. The molecule has 1 amide bonds. The lowest BCUT2D eigenvalue weighted by molar-refractivity contribution is 0.0762. The summed E-state index contributed by atoms with van der Waals surface area (Å²) in [6.45, 7) is 0.632. The highest BCUT2D eigenvalue weighted by Gasteiger charge is 2.33. The number of hydrogen-bond acceptors (Lipinski definition) is 5. The molecule has 5 nitrogen and oxygen atoms in total. The summed E-state index contributed by atoms with van der Waals surface area (Å²) in [7, 11) is -3.29. The average Bonchev–Trinajstić information content (AvgIpc) is 2.80. The molecule has 0 saturated carbocycles. The van der Waals surface area contributed by atoms with E-state index in [0.717, 1.165) is 5.56 Å². The van der Waals surface area contributed by atoms with Crippen molar-refractivity contribution >= 4 is 27.5 Å². The fourth-order valence-electron chi connectivity index (χ4n) is 3.08. The van der Waals surface area contributed by atoms with Crippen LogP contribution in [-0.2, 0) is 9.84 Å². The first-order valence-corrected chi connectivity index (χ1v) is 11.0. The molecule has 0 spiro atoms. The summed E-state index contributed by atoms with van der Waals surface area (Å²) in [6, 6.07) is 12.7. The van der Waals surface area contributed by atoms with Crippen LogP contribution in [0.4, 0.5) is 0 Å². The Balaban J connectivity index is 1.84. The van der Waals surface area contributed by atoms with Crippen LogP contribution in [0.1, 0.15) is 27.6 Å². The van der Waals surface area contributed by atoms with Crippen LogP contribution in [0.15, 0.2) is 53.7 Å². The number of hydrogen-bond donors (Lipinski definition) is 0. The van der Waals surface area contributed by atoms with Crippen LogP contribution in [0.3, 0.4) is 0 Å². The maximum Gasteiger partial charge on any atom is 0.256 e. The van der Waals surface area contributed by atoms with Gasteiger partial charge in [-0.3, -0.25) is 4.79 Å². The van der Waals surface area contributed by atoms with Crippen molar-refractivity contribution in [2.45, 2.75) is 16.7 Å². The van der Waals surface area contributed by atoms with Crippen LogP contribution in [0, 0.1) is 0 Å². The summed E-state index contributed by atoms with van der Waals surface area (Å²) in [5, 5.41) is 0.111. The van der Waals surface area contributed by atoms with Gasteiger partial charge in [-0.2, -0.15) is 0 Å². The van der Waals surface area contributed by atoms with Crippen molar-refractivity contribution in [3.05, 3.63) is 59.8 Å². The standard InChI is InChI=1S/C18H20N2O3S2/c1-24-17-15(8-5-10-19-17)18(21)20-11-9-16(25(22,23)13-12-20)14-6-3-2-4-7-14/h2-8,10,16H,9,11-13H2,1H3. The maximum atomic E-state index is 12.9. The summed E-state index contributed by atoms with van der Waals surface area (Å²) in [6.07, 6.45) is 3.94. The molecule has 7 heteroatoms. The molecular weight excluding hydrogens is 356 g/mol. The van der Waals surface area contributed by atoms with Gasteiger partial charge in [0.15, 0.2) is 9.84 Å². The molecule has 132 valence electrons. The first-order chi connectivity index (χ1) is 12.0. The van der Waals surface area contributed by atoms with Crippen LogP contribution in [0.5, 0.6) is 0 Å². The zero-order valence-corrected chi connectivity index (χ0v) is 15.6. The summed E-state index contributed by atoms with van der Waals surface area (Å²) in [5.41, 5.74) is 1.33. The number of carbonyl (C=O) groups excluding carboxylic acids is 1. The Hall–Kier alpha value is -1.86. The van der Waals surface area contributed by atoms with Gasteiger partial charge in [0, 0.05) is 19.3 Å². The van der Waals surface area contributed by atoms with Gasteiger partial charge in [-0.05, 0) is 30.4 Å². The molecule has 0 aliphatic carbocycles. The lowest BCUT2D eigenvalue weighted by Gasteiger charge is -2.21. The molecular formula is C18H20N2O3S2. The van der Waals surface area contributed by atoms with E-state index in [-0.39, 0.29) is 18.2 Å². The highest BCUT2D eigenvalue weighted by Crippen LogP contribution is 2.30. The molecule has 1 aromatic heterocycles. The molecule has 0 bridgehead atoms. The molecule has 25 heavy (non-hydrogen) atoms. The van der Waals surface area contributed by atoms with Gasteiger partial charge in [0.1, 0.15) is 5.03 Å². The minimum Gasteiger partial charge on any atom is -0.337 e. The van der Waals surface area contributed by atoms with Crippen LogP contribution in [0.25, 0.3) is 0 Å².